The van der Waals surface area contributed by atoms with E-state index < -0.39 is 11.7 Å². The molecular weight excluding hydrogens is 311 g/mol. The number of nitrogens with one attached hydrogen (secondary N) is 1. The zero-order valence-electron chi connectivity index (χ0n) is 10.2. The van der Waals surface area contributed by atoms with Crippen LogP contribution in [0.5, 0.6) is 0 Å². The molecule has 0 aliphatic rings. The average molecular weight is 323 g/mol. The molecular formula is C14H12BrFN2O. The van der Waals surface area contributed by atoms with Crippen LogP contribution in [-0.2, 0) is 0 Å². The number of benzene rings is 1. The molecule has 0 radical (unpaired) electrons. The SMILES string of the molecule is C[C@H](NC(=O)c1ccc(Br)cc1F)c1ccncc1. The molecule has 0 saturated heterocycles. The van der Waals surface area contributed by atoms with Gasteiger partial charge in [0.05, 0.1) is 11.6 Å². The zero-order chi connectivity index (χ0) is 13.8. The first-order valence-corrected chi connectivity index (χ1v) is 6.53. The molecule has 1 heterocycles. The van der Waals surface area contributed by atoms with E-state index in [1.807, 2.05) is 19.1 Å². The molecule has 5 heteroatoms. The Morgan fingerprint density at radius 2 is 2.00 bits per heavy atom. The van der Waals surface area contributed by atoms with Crippen LogP contribution in [0.15, 0.2) is 47.2 Å². The fourth-order valence-electron chi connectivity index (χ4n) is 1.68. The molecule has 1 atom stereocenters. The fourth-order valence-corrected chi connectivity index (χ4v) is 2.02. The quantitative estimate of drug-likeness (QED) is 0.940. The molecule has 1 aromatic carbocycles. The second-order valence-corrected chi connectivity index (χ2v) is 5.02. The first-order chi connectivity index (χ1) is 9.08. The maximum Gasteiger partial charge on any atom is 0.254 e. The lowest BCUT2D eigenvalue weighted by Gasteiger charge is -2.14. The summed E-state index contributed by atoms with van der Waals surface area (Å²) in [5.41, 5.74) is 0.949. The van der Waals surface area contributed by atoms with Gasteiger partial charge in [-0.25, -0.2) is 4.39 Å². The van der Waals surface area contributed by atoms with Gasteiger partial charge in [0, 0.05) is 16.9 Å². The van der Waals surface area contributed by atoms with Crippen LogP contribution < -0.4 is 5.32 Å². The maximum atomic E-state index is 13.7. The minimum atomic E-state index is -0.547. The van der Waals surface area contributed by atoms with Crippen molar-refractivity contribution in [3.05, 3.63) is 64.1 Å². The third kappa shape index (κ3) is 3.38. The summed E-state index contributed by atoms with van der Waals surface area (Å²) in [5.74, 6) is -0.983. The molecule has 0 fully saturated rings. The molecule has 2 rings (SSSR count). The van der Waals surface area contributed by atoms with E-state index in [9.17, 15) is 9.18 Å². The van der Waals surface area contributed by atoms with Crippen molar-refractivity contribution in [2.45, 2.75) is 13.0 Å². The lowest BCUT2D eigenvalue weighted by Crippen LogP contribution is -2.27. The topological polar surface area (TPSA) is 42.0 Å². The van der Waals surface area contributed by atoms with Crippen molar-refractivity contribution in [2.75, 3.05) is 0 Å². The summed E-state index contributed by atoms with van der Waals surface area (Å²) in [4.78, 5) is 15.9. The first kappa shape index (κ1) is 13.7. The molecule has 0 spiro atoms. The predicted octanol–water partition coefficient (Wildman–Crippen LogP) is 3.47. The molecule has 1 amide bonds. The number of nitrogens with zero attached hydrogens (tertiary/aromatic N) is 1. The van der Waals surface area contributed by atoms with Crippen molar-refractivity contribution in [3.8, 4) is 0 Å². The Hall–Kier alpha value is -1.75. The number of amides is 1. The van der Waals surface area contributed by atoms with Gasteiger partial charge in [-0.1, -0.05) is 15.9 Å². The fraction of sp³-hybridized carbons (Fsp3) is 0.143. The van der Waals surface area contributed by atoms with E-state index in [-0.39, 0.29) is 11.6 Å². The van der Waals surface area contributed by atoms with Crippen molar-refractivity contribution in [1.29, 1.82) is 0 Å². The van der Waals surface area contributed by atoms with Crippen LogP contribution >= 0.6 is 15.9 Å². The van der Waals surface area contributed by atoms with E-state index >= 15 is 0 Å². The third-order valence-corrected chi connectivity index (χ3v) is 3.22. The van der Waals surface area contributed by atoms with Gasteiger partial charge in [0.2, 0.25) is 0 Å². The number of pyridine rings is 1. The van der Waals surface area contributed by atoms with Gasteiger partial charge in [0.25, 0.3) is 5.91 Å². The highest BCUT2D eigenvalue weighted by Gasteiger charge is 2.15. The summed E-state index contributed by atoms with van der Waals surface area (Å²) in [6, 6.07) is 7.76. The van der Waals surface area contributed by atoms with Crippen molar-refractivity contribution in [2.24, 2.45) is 0 Å². The van der Waals surface area contributed by atoms with Gasteiger partial charge >= 0.3 is 0 Å². The minimum Gasteiger partial charge on any atom is -0.345 e. The van der Waals surface area contributed by atoms with Crippen molar-refractivity contribution < 1.29 is 9.18 Å². The van der Waals surface area contributed by atoms with Crippen LogP contribution in [0.2, 0.25) is 0 Å². The third-order valence-electron chi connectivity index (χ3n) is 2.73. The van der Waals surface area contributed by atoms with Crippen molar-refractivity contribution >= 4 is 21.8 Å². The number of aromatic nitrogens is 1. The molecule has 0 saturated carbocycles. The van der Waals surface area contributed by atoms with E-state index in [1.165, 1.54) is 12.1 Å². The van der Waals surface area contributed by atoms with Crippen LogP contribution in [0.1, 0.15) is 28.9 Å². The van der Waals surface area contributed by atoms with E-state index in [0.717, 1.165) is 5.56 Å². The number of rotatable bonds is 3. The molecule has 19 heavy (non-hydrogen) atoms. The molecule has 2 aromatic rings. The van der Waals surface area contributed by atoms with Gasteiger partial charge in [0.15, 0.2) is 0 Å². The summed E-state index contributed by atoms with van der Waals surface area (Å²) < 4.78 is 14.3. The average Bonchev–Trinajstić information content (AvgIpc) is 2.39. The van der Waals surface area contributed by atoms with Gasteiger partial charge in [-0.05, 0) is 42.8 Å². The van der Waals surface area contributed by atoms with Crippen molar-refractivity contribution in [1.82, 2.24) is 10.3 Å². The summed E-state index contributed by atoms with van der Waals surface area (Å²) in [6.07, 6.45) is 3.30. The second kappa shape index (κ2) is 5.93. The van der Waals surface area contributed by atoms with Gasteiger partial charge in [-0.3, -0.25) is 9.78 Å². The monoisotopic (exact) mass is 322 g/mol. The number of hydrogen-bond acceptors (Lipinski definition) is 2. The molecule has 98 valence electrons. The van der Waals surface area contributed by atoms with Gasteiger partial charge in [0.1, 0.15) is 5.82 Å². The highest BCUT2D eigenvalue weighted by atomic mass is 79.9. The van der Waals surface area contributed by atoms with Crippen molar-refractivity contribution in [3.63, 3.8) is 0 Å². The molecule has 1 N–H and O–H groups in total. The minimum absolute atomic E-state index is 0.0316. The highest BCUT2D eigenvalue weighted by Crippen LogP contribution is 2.17. The normalized spacial score (nSPS) is 11.9. The first-order valence-electron chi connectivity index (χ1n) is 5.74. The number of hydrogen-bond donors (Lipinski definition) is 1. The largest absolute Gasteiger partial charge is 0.345 e. The lowest BCUT2D eigenvalue weighted by atomic mass is 10.1. The Morgan fingerprint density at radius 1 is 1.32 bits per heavy atom. The molecule has 1 aromatic heterocycles. The number of carbonyl (C=O) groups is 1. The number of carbonyl (C=O) groups excluding carboxylic acids is 1. The Bertz CT molecular complexity index is 589. The lowest BCUT2D eigenvalue weighted by molar-refractivity contribution is 0.0936. The van der Waals surface area contributed by atoms with E-state index in [1.54, 1.807) is 18.5 Å². The number of halogens is 2. The van der Waals surface area contributed by atoms with Gasteiger partial charge in [-0.15, -0.1) is 0 Å². The smallest absolute Gasteiger partial charge is 0.254 e. The highest BCUT2D eigenvalue weighted by molar-refractivity contribution is 9.10. The standard InChI is InChI=1S/C14H12BrFN2O/c1-9(10-4-6-17-7-5-10)18-14(19)12-3-2-11(15)8-13(12)16/h2-9H,1H3,(H,18,19)/t9-/m0/s1. The zero-order valence-corrected chi connectivity index (χ0v) is 11.8. The van der Waals surface area contributed by atoms with Crippen LogP contribution in [-0.4, -0.2) is 10.9 Å². The van der Waals surface area contributed by atoms with Crippen LogP contribution in [0.4, 0.5) is 4.39 Å². The van der Waals surface area contributed by atoms with E-state index in [4.69, 9.17) is 0 Å². The maximum absolute atomic E-state index is 13.7. The van der Waals surface area contributed by atoms with Gasteiger partial charge < -0.3 is 5.32 Å². The Labute approximate surface area is 119 Å². The predicted molar refractivity (Wildman–Crippen MR) is 74.2 cm³/mol. The summed E-state index contributed by atoms with van der Waals surface area (Å²) in [6.45, 7) is 1.84. The molecule has 3 nitrogen and oxygen atoms in total. The van der Waals surface area contributed by atoms with Gasteiger partial charge in [-0.2, -0.15) is 0 Å². The van der Waals surface area contributed by atoms with Crippen LogP contribution in [0.25, 0.3) is 0 Å². The van der Waals surface area contributed by atoms with Crippen LogP contribution in [0.3, 0.4) is 0 Å². The van der Waals surface area contributed by atoms with E-state index in [2.05, 4.69) is 26.2 Å². The summed E-state index contributed by atoms with van der Waals surface area (Å²) >= 11 is 3.15. The van der Waals surface area contributed by atoms with E-state index in [0.29, 0.717) is 4.47 Å². The molecule has 0 aliphatic heterocycles. The summed E-state index contributed by atoms with van der Waals surface area (Å²) in [7, 11) is 0. The molecule has 0 aliphatic carbocycles. The Balaban J connectivity index is 2.13. The second-order valence-electron chi connectivity index (χ2n) is 4.10. The molecule has 0 bridgehead atoms. The summed E-state index contributed by atoms with van der Waals surface area (Å²) in [5, 5.41) is 2.75. The Kier molecular flexibility index (Phi) is 4.27. The molecule has 0 unspecified atom stereocenters. The van der Waals surface area contributed by atoms with Crippen LogP contribution in [0, 0.1) is 5.82 Å². The Morgan fingerprint density at radius 3 is 2.63 bits per heavy atom.